The molecule has 144 valence electrons. The van der Waals surface area contributed by atoms with Gasteiger partial charge in [-0.25, -0.2) is 0 Å². The second-order valence-corrected chi connectivity index (χ2v) is 7.50. The zero-order valence-electron chi connectivity index (χ0n) is 15.9. The van der Waals surface area contributed by atoms with E-state index in [4.69, 9.17) is 0 Å². The van der Waals surface area contributed by atoms with E-state index in [0.717, 1.165) is 37.1 Å². The molecule has 1 saturated heterocycles. The van der Waals surface area contributed by atoms with Crippen LogP contribution in [-0.2, 0) is 19.6 Å². The Morgan fingerprint density at radius 3 is 2.68 bits per heavy atom. The Bertz CT molecular complexity index is 936. The molecule has 1 aromatic heterocycles. The quantitative estimate of drug-likeness (QED) is 0.720. The zero-order chi connectivity index (χ0) is 19.3. The second kappa shape index (κ2) is 8.40. The average molecular weight is 375 g/mol. The van der Waals surface area contributed by atoms with Crippen molar-refractivity contribution in [1.82, 2.24) is 14.7 Å². The molecular weight excluding hydrogens is 350 g/mol. The molecule has 0 bridgehead atoms. The maximum absolute atomic E-state index is 12.9. The van der Waals surface area contributed by atoms with E-state index in [2.05, 4.69) is 29.4 Å². The monoisotopic (exact) mass is 375 g/mol. The van der Waals surface area contributed by atoms with Gasteiger partial charge in [-0.15, -0.1) is 0 Å². The lowest BCUT2D eigenvalue weighted by Crippen LogP contribution is -2.28. The molecule has 0 radical (unpaired) electrons. The van der Waals surface area contributed by atoms with Crippen molar-refractivity contribution in [3.63, 3.8) is 0 Å². The summed E-state index contributed by atoms with van der Waals surface area (Å²) in [6, 6.07) is 18.2. The Kier molecular flexibility index (Phi) is 5.53. The normalized spacial score (nSPS) is 16.5. The number of benzene rings is 2. The standard InChI is InChI=1S/C23H25N3O2/c27-17-21-8-4-7-19(12-21)11-20-9-10-25(14-20)23(28)22-13-24-26(16-22)15-18-5-2-1-3-6-18/h1-8,12-13,16,20,27H,9-11,14-15,17H2. The first kappa shape index (κ1) is 18.4. The lowest BCUT2D eigenvalue weighted by Gasteiger charge is -2.16. The molecule has 1 unspecified atom stereocenters. The van der Waals surface area contributed by atoms with Gasteiger partial charge in [0.2, 0.25) is 0 Å². The van der Waals surface area contributed by atoms with E-state index < -0.39 is 0 Å². The molecule has 1 atom stereocenters. The first-order valence-corrected chi connectivity index (χ1v) is 9.75. The summed E-state index contributed by atoms with van der Waals surface area (Å²) in [5.41, 5.74) is 3.98. The molecular formula is C23H25N3O2. The highest BCUT2D eigenvalue weighted by Crippen LogP contribution is 2.23. The summed E-state index contributed by atoms with van der Waals surface area (Å²) in [6.45, 7) is 2.28. The molecule has 1 N–H and O–H groups in total. The lowest BCUT2D eigenvalue weighted by molar-refractivity contribution is 0.0787. The third-order valence-corrected chi connectivity index (χ3v) is 5.34. The number of hydrogen-bond acceptors (Lipinski definition) is 3. The number of likely N-dealkylation sites (tertiary alicyclic amines) is 1. The van der Waals surface area contributed by atoms with Gasteiger partial charge in [-0.2, -0.15) is 5.10 Å². The van der Waals surface area contributed by atoms with Crippen molar-refractivity contribution in [3.8, 4) is 0 Å². The van der Waals surface area contributed by atoms with Gasteiger partial charge in [0.05, 0.1) is 24.9 Å². The highest BCUT2D eigenvalue weighted by atomic mass is 16.3. The van der Waals surface area contributed by atoms with E-state index in [0.29, 0.717) is 18.0 Å². The molecule has 0 spiro atoms. The predicted octanol–water partition coefficient (Wildman–Crippen LogP) is 3.13. The van der Waals surface area contributed by atoms with E-state index in [1.165, 1.54) is 5.56 Å². The van der Waals surface area contributed by atoms with Gasteiger partial charge in [0.25, 0.3) is 5.91 Å². The van der Waals surface area contributed by atoms with Crippen LogP contribution in [0.2, 0.25) is 0 Å². The van der Waals surface area contributed by atoms with Crippen molar-refractivity contribution in [2.75, 3.05) is 13.1 Å². The first-order chi connectivity index (χ1) is 13.7. The number of rotatable bonds is 6. The summed E-state index contributed by atoms with van der Waals surface area (Å²) >= 11 is 0. The highest BCUT2D eigenvalue weighted by Gasteiger charge is 2.27. The summed E-state index contributed by atoms with van der Waals surface area (Å²) in [7, 11) is 0. The number of hydrogen-bond donors (Lipinski definition) is 1. The lowest BCUT2D eigenvalue weighted by atomic mass is 9.97. The van der Waals surface area contributed by atoms with E-state index in [-0.39, 0.29) is 12.5 Å². The summed E-state index contributed by atoms with van der Waals surface area (Å²) in [4.78, 5) is 14.8. The van der Waals surface area contributed by atoms with Crippen molar-refractivity contribution in [2.45, 2.75) is 26.0 Å². The Morgan fingerprint density at radius 1 is 1.07 bits per heavy atom. The fraction of sp³-hybridized carbons (Fsp3) is 0.304. The first-order valence-electron chi connectivity index (χ1n) is 9.75. The minimum Gasteiger partial charge on any atom is -0.392 e. The Hall–Kier alpha value is -2.92. The number of aromatic nitrogens is 2. The number of carbonyl (C=O) groups is 1. The molecule has 4 rings (SSSR count). The van der Waals surface area contributed by atoms with Gasteiger partial charge < -0.3 is 10.0 Å². The molecule has 28 heavy (non-hydrogen) atoms. The van der Waals surface area contributed by atoms with E-state index in [9.17, 15) is 9.90 Å². The molecule has 5 heteroatoms. The van der Waals surface area contributed by atoms with Gasteiger partial charge in [-0.3, -0.25) is 9.48 Å². The number of nitrogens with zero attached hydrogens (tertiary/aromatic N) is 3. The minimum absolute atomic E-state index is 0.0610. The summed E-state index contributed by atoms with van der Waals surface area (Å²) in [5, 5.41) is 13.7. The topological polar surface area (TPSA) is 58.4 Å². The Balaban J connectivity index is 1.35. The van der Waals surface area contributed by atoms with Gasteiger partial charge in [-0.05, 0) is 35.4 Å². The van der Waals surface area contributed by atoms with Crippen LogP contribution in [0.25, 0.3) is 0 Å². The van der Waals surface area contributed by atoms with Crippen LogP contribution in [0.3, 0.4) is 0 Å². The largest absolute Gasteiger partial charge is 0.392 e. The van der Waals surface area contributed by atoms with Crippen LogP contribution < -0.4 is 0 Å². The van der Waals surface area contributed by atoms with E-state index >= 15 is 0 Å². The fourth-order valence-corrected chi connectivity index (χ4v) is 3.89. The van der Waals surface area contributed by atoms with Crippen LogP contribution in [0, 0.1) is 5.92 Å². The van der Waals surface area contributed by atoms with Crippen molar-refractivity contribution in [2.24, 2.45) is 5.92 Å². The van der Waals surface area contributed by atoms with Gasteiger partial charge in [-0.1, -0.05) is 54.6 Å². The third-order valence-electron chi connectivity index (χ3n) is 5.34. The molecule has 5 nitrogen and oxygen atoms in total. The van der Waals surface area contributed by atoms with Crippen LogP contribution >= 0.6 is 0 Å². The zero-order valence-corrected chi connectivity index (χ0v) is 15.9. The molecule has 1 aliphatic heterocycles. The third kappa shape index (κ3) is 4.31. The maximum atomic E-state index is 12.9. The number of aliphatic hydroxyl groups excluding tert-OH is 1. The highest BCUT2D eigenvalue weighted by molar-refractivity contribution is 5.93. The van der Waals surface area contributed by atoms with Gasteiger partial charge in [0.1, 0.15) is 0 Å². The van der Waals surface area contributed by atoms with Gasteiger partial charge >= 0.3 is 0 Å². The number of aliphatic hydroxyl groups is 1. The number of carbonyl (C=O) groups excluding carboxylic acids is 1. The molecule has 0 aliphatic carbocycles. The fourth-order valence-electron chi connectivity index (χ4n) is 3.89. The van der Waals surface area contributed by atoms with E-state index in [1.54, 1.807) is 6.20 Å². The van der Waals surface area contributed by atoms with Gasteiger partial charge in [0.15, 0.2) is 0 Å². The van der Waals surface area contributed by atoms with Gasteiger partial charge in [0, 0.05) is 19.3 Å². The van der Waals surface area contributed by atoms with E-state index in [1.807, 2.05) is 46.1 Å². The van der Waals surface area contributed by atoms with Crippen molar-refractivity contribution in [3.05, 3.63) is 89.2 Å². The smallest absolute Gasteiger partial charge is 0.257 e. The van der Waals surface area contributed by atoms with Crippen molar-refractivity contribution in [1.29, 1.82) is 0 Å². The molecule has 3 aromatic rings. The molecule has 2 aromatic carbocycles. The van der Waals surface area contributed by atoms with Crippen LogP contribution in [-0.4, -0.2) is 38.8 Å². The van der Waals surface area contributed by atoms with Crippen LogP contribution in [0.5, 0.6) is 0 Å². The summed E-state index contributed by atoms with van der Waals surface area (Å²) in [6.07, 6.45) is 5.45. The van der Waals surface area contributed by atoms with Crippen LogP contribution in [0.4, 0.5) is 0 Å². The molecule has 1 aliphatic rings. The Labute approximate surface area is 165 Å². The Morgan fingerprint density at radius 2 is 1.86 bits per heavy atom. The van der Waals surface area contributed by atoms with Crippen molar-refractivity contribution >= 4 is 5.91 Å². The summed E-state index contributed by atoms with van der Waals surface area (Å²) in [5.74, 6) is 0.517. The molecule has 0 saturated carbocycles. The maximum Gasteiger partial charge on any atom is 0.257 e. The number of amides is 1. The second-order valence-electron chi connectivity index (χ2n) is 7.50. The van der Waals surface area contributed by atoms with Crippen LogP contribution in [0.1, 0.15) is 33.5 Å². The molecule has 1 amide bonds. The van der Waals surface area contributed by atoms with Crippen molar-refractivity contribution < 1.29 is 9.90 Å². The average Bonchev–Trinajstić information content (AvgIpc) is 3.38. The van der Waals surface area contributed by atoms with Crippen LogP contribution in [0.15, 0.2) is 67.0 Å². The minimum atomic E-state index is 0.0610. The summed E-state index contributed by atoms with van der Waals surface area (Å²) < 4.78 is 1.82. The SMILES string of the molecule is O=C(c1cnn(Cc2ccccc2)c1)N1CCC(Cc2cccc(CO)c2)C1. The predicted molar refractivity (Wildman–Crippen MR) is 108 cm³/mol. The molecule has 2 heterocycles. The molecule has 1 fully saturated rings.